The first-order valence-electron chi connectivity index (χ1n) is 5.78. The SMILES string of the molecule is CCCN1CCC(NC(=O)C(=O)OC)CC1. The number of likely N-dealkylation sites (tertiary alicyclic amines) is 1. The van der Waals surface area contributed by atoms with Gasteiger partial charge in [0.25, 0.3) is 0 Å². The lowest BCUT2D eigenvalue weighted by Crippen LogP contribution is -2.46. The summed E-state index contributed by atoms with van der Waals surface area (Å²) in [6, 6.07) is 0.111. The number of hydrogen-bond acceptors (Lipinski definition) is 4. The van der Waals surface area contributed by atoms with Gasteiger partial charge in [0.15, 0.2) is 0 Å². The summed E-state index contributed by atoms with van der Waals surface area (Å²) in [6.45, 7) is 5.24. The summed E-state index contributed by atoms with van der Waals surface area (Å²) < 4.78 is 4.35. The van der Waals surface area contributed by atoms with Crippen LogP contribution < -0.4 is 5.32 Å². The Morgan fingerprint density at radius 1 is 1.38 bits per heavy atom. The van der Waals surface area contributed by atoms with Gasteiger partial charge >= 0.3 is 11.9 Å². The zero-order valence-electron chi connectivity index (χ0n) is 9.99. The van der Waals surface area contributed by atoms with E-state index in [4.69, 9.17) is 0 Å². The van der Waals surface area contributed by atoms with E-state index in [2.05, 4.69) is 21.9 Å². The van der Waals surface area contributed by atoms with Gasteiger partial charge in [0.05, 0.1) is 7.11 Å². The summed E-state index contributed by atoms with van der Waals surface area (Å²) in [5.74, 6) is -1.44. The van der Waals surface area contributed by atoms with Crippen molar-refractivity contribution in [3.05, 3.63) is 0 Å². The first-order chi connectivity index (χ1) is 7.67. The number of hydrogen-bond donors (Lipinski definition) is 1. The van der Waals surface area contributed by atoms with E-state index in [1.165, 1.54) is 7.11 Å². The fourth-order valence-electron chi connectivity index (χ4n) is 1.95. The molecule has 0 bridgehead atoms. The molecule has 1 saturated heterocycles. The molecule has 0 unspecified atom stereocenters. The van der Waals surface area contributed by atoms with Crippen molar-refractivity contribution in [1.82, 2.24) is 10.2 Å². The van der Waals surface area contributed by atoms with Gasteiger partial charge in [-0.15, -0.1) is 0 Å². The predicted octanol–water partition coefficient (Wildman–Crippen LogP) is 0.150. The molecule has 1 N–H and O–H groups in total. The molecule has 0 saturated carbocycles. The highest BCUT2D eigenvalue weighted by Gasteiger charge is 2.23. The van der Waals surface area contributed by atoms with Crippen molar-refractivity contribution < 1.29 is 14.3 Å². The molecule has 5 nitrogen and oxygen atoms in total. The van der Waals surface area contributed by atoms with Crippen molar-refractivity contribution in [2.45, 2.75) is 32.2 Å². The maximum absolute atomic E-state index is 11.3. The molecule has 1 heterocycles. The predicted molar refractivity (Wildman–Crippen MR) is 59.9 cm³/mol. The van der Waals surface area contributed by atoms with E-state index >= 15 is 0 Å². The van der Waals surface area contributed by atoms with Crippen LogP contribution in [0.25, 0.3) is 0 Å². The van der Waals surface area contributed by atoms with Gasteiger partial charge < -0.3 is 15.0 Å². The van der Waals surface area contributed by atoms with Crippen LogP contribution in [0.15, 0.2) is 0 Å². The molecular formula is C11H20N2O3. The number of amides is 1. The Morgan fingerprint density at radius 3 is 2.50 bits per heavy atom. The van der Waals surface area contributed by atoms with E-state index < -0.39 is 11.9 Å². The Labute approximate surface area is 96.1 Å². The highest BCUT2D eigenvalue weighted by molar-refractivity contribution is 6.32. The number of rotatable bonds is 3. The van der Waals surface area contributed by atoms with Gasteiger partial charge in [0.1, 0.15) is 0 Å². The fourth-order valence-corrected chi connectivity index (χ4v) is 1.95. The number of nitrogens with one attached hydrogen (secondary N) is 1. The molecule has 0 aliphatic carbocycles. The van der Waals surface area contributed by atoms with Crippen LogP contribution in [0.2, 0.25) is 0 Å². The minimum Gasteiger partial charge on any atom is -0.462 e. The minimum absolute atomic E-state index is 0.111. The Balaban J connectivity index is 2.26. The van der Waals surface area contributed by atoms with Crippen molar-refractivity contribution in [3.63, 3.8) is 0 Å². The van der Waals surface area contributed by atoms with Crippen molar-refractivity contribution in [1.29, 1.82) is 0 Å². The van der Waals surface area contributed by atoms with E-state index in [1.54, 1.807) is 0 Å². The van der Waals surface area contributed by atoms with Gasteiger partial charge in [-0.1, -0.05) is 6.92 Å². The molecule has 1 rings (SSSR count). The largest absolute Gasteiger partial charge is 0.462 e. The third kappa shape index (κ3) is 3.81. The summed E-state index contributed by atoms with van der Waals surface area (Å²) in [7, 11) is 1.21. The summed E-state index contributed by atoms with van der Waals surface area (Å²) in [5.41, 5.74) is 0. The van der Waals surface area contributed by atoms with Crippen LogP contribution in [-0.4, -0.2) is 49.6 Å². The molecule has 0 aromatic heterocycles. The Hall–Kier alpha value is -1.10. The van der Waals surface area contributed by atoms with Crippen LogP contribution in [0, 0.1) is 0 Å². The smallest absolute Gasteiger partial charge is 0.396 e. The number of methoxy groups -OCH3 is 1. The van der Waals surface area contributed by atoms with Crippen LogP contribution in [0.4, 0.5) is 0 Å². The summed E-state index contributed by atoms with van der Waals surface area (Å²) in [5, 5.41) is 2.69. The lowest BCUT2D eigenvalue weighted by Gasteiger charge is -2.31. The number of ether oxygens (including phenoxy) is 1. The van der Waals surface area contributed by atoms with Crippen LogP contribution in [-0.2, 0) is 14.3 Å². The fraction of sp³-hybridized carbons (Fsp3) is 0.818. The molecule has 0 aromatic rings. The topological polar surface area (TPSA) is 58.6 Å². The molecule has 1 aliphatic heterocycles. The monoisotopic (exact) mass is 228 g/mol. The van der Waals surface area contributed by atoms with E-state index in [-0.39, 0.29) is 6.04 Å². The van der Waals surface area contributed by atoms with Gasteiger partial charge in [-0.2, -0.15) is 0 Å². The van der Waals surface area contributed by atoms with E-state index in [1.807, 2.05) is 0 Å². The number of esters is 1. The van der Waals surface area contributed by atoms with Crippen molar-refractivity contribution in [2.24, 2.45) is 0 Å². The van der Waals surface area contributed by atoms with Crippen molar-refractivity contribution >= 4 is 11.9 Å². The summed E-state index contributed by atoms with van der Waals surface area (Å²) in [4.78, 5) is 24.5. The second-order valence-corrected chi connectivity index (χ2v) is 4.08. The molecule has 0 atom stereocenters. The summed E-state index contributed by atoms with van der Waals surface area (Å²) >= 11 is 0. The minimum atomic E-state index is -0.809. The maximum atomic E-state index is 11.3. The molecule has 1 amide bonds. The average Bonchev–Trinajstić information content (AvgIpc) is 2.31. The quantitative estimate of drug-likeness (QED) is 0.552. The molecule has 5 heteroatoms. The molecule has 0 spiro atoms. The van der Waals surface area contributed by atoms with Crippen molar-refractivity contribution in [3.8, 4) is 0 Å². The lowest BCUT2D eigenvalue weighted by atomic mass is 10.0. The standard InChI is InChI=1S/C11H20N2O3/c1-3-6-13-7-4-9(5-8-13)12-10(14)11(15)16-2/h9H,3-8H2,1-2H3,(H,12,14). The number of carbonyl (C=O) groups is 2. The first kappa shape index (κ1) is 13.0. The number of carbonyl (C=O) groups excluding carboxylic acids is 2. The van der Waals surface area contributed by atoms with Gasteiger partial charge in [-0.3, -0.25) is 4.79 Å². The Bertz CT molecular complexity index is 248. The summed E-state index contributed by atoms with van der Waals surface area (Å²) in [6.07, 6.45) is 2.96. The van der Waals surface area contributed by atoms with Crippen molar-refractivity contribution in [2.75, 3.05) is 26.7 Å². The highest BCUT2D eigenvalue weighted by Crippen LogP contribution is 2.10. The van der Waals surface area contributed by atoms with E-state index in [0.29, 0.717) is 0 Å². The molecular weight excluding hydrogens is 208 g/mol. The lowest BCUT2D eigenvalue weighted by molar-refractivity contribution is -0.153. The van der Waals surface area contributed by atoms with Crippen LogP contribution in [0.1, 0.15) is 26.2 Å². The van der Waals surface area contributed by atoms with E-state index in [9.17, 15) is 9.59 Å². The second kappa shape index (κ2) is 6.48. The highest BCUT2D eigenvalue weighted by atomic mass is 16.5. The second-order valence-electron chi connectivity index (χ2n) is 4.08. The third-order valence-electron chi connectivity index (χ3n) is 2.83. The Morgan fingerprint density at radius 2 is 2.00 bits per heavy atom. The number of nitrogens with zero attached hydrogens (tertiary/aromatic N) is 1. The molecule has 0 aromatic carbocycles. The molecule has 1 fully saturated rings. The van der Waals surface area contributed by atoms with Gasteiger partial charge in [0.2, 0.25) is 0 Å². The molecule has 0 radical (unpaired) electrons. The molecule has 92 valence electrons. The van der Waals surface area contributed by atoms with Crippen LogP contribution in [0.5, 0.6) is 0 Å². The molecule has 1 aliphatic rings. The van der Waals surface area contributed by atoms with Crippen LogP contribution in [0.3, 0.4) is 0 Å². The number of piperidine rings is 1. The Kier molecular flexibility index (Phi) is 5.25. The average molecular weight is 228 g/mol. The van der Waals surface area contributed by atoms with Gasteiger partial charge in [0, 0.05) is 19.1 Å². The maximum Gasteiger partial charge on any atom is 0.396 e. The first-order valence-corrected chi connectivity index (χ1v) is 5.78. The third-order valence-corrected chi connectivity index (χ3v) is 2.83. The van der Waals surface area contributed by atoms with Gasteiger partial charge in [-0.05, 0) is 25.8 Å². The van der Waals surface area contributed by atoms with E-state index in [0.717, 1.165) is 38.9 Å². The zero-order chi connectivity index (χ0) is 12.0. The molecule has 16 heavy (non-hydrogen) atoms. The zero-order valence-corrected chi connectivity index (χ0v) is 9.99. The van der Waals surface area contributed by atoms with Crippen LogP contribution >= 0.6 is 0 Å². The van der Waals surface area contributed by atoms with Gasteiger partial charge in [-0.25, -0.2) is 4.79 Å². The normalized spacial score (nSPS) is 18.1.